The molecule has 1 N–H and O–H groups in total. The molecule has 0 fully saturated rings. The van der Waals surface area contributed by atoms with Crippen LogP contribution in [0.1, 0.15) is 354 Å². The maximum absolute atomic E-state index is 12.9. The van der Waals surface area contributed by atoms with Gasteiger partial charge in [0.15, 0.2) is 6.10 Å². The number of carbonyl (C=O) groups is 3. The molecule has 0 aromatic rings. The Morgan fingerprint density at radius 1 is 0.369 bits per heavy atom. The second-order valence-corrected chi connectivity index (χ2v) is 25.9. The third-order valence-corrected chi connectivity index (χ3v) is 16.3. The van der Waals surface area contributed by atoms with Crippen LogP contribution in [0.3, 0.4) is 0 Å². The Bertz CT molecular complexity index is 1520. The van der Waals surface area contributed by atoms with Crippen molar-refractivity contribution < 1.29 is 42.9 Å². The Labute approximate surface area is 521 Å². The first-order valence-electron chi connectivity index (χ1n) is 36.3. The van der Waals surface area contributed by atoms with E-state index in [0.29, 0.717) is 17.4 Å². The van der Waals surface area contributed by atoms with Gasteiger partial charge in [-0.25, -0.2) is 4.79 Å². The minimum absolute atomic E-state index is 0.175. The van der Waals surface area contributed by atoms with E-state index in [9.17, 15) is 19.5 Å². The van der Waals surface area contributed by atoms with E-state index in [-0.39, 0.29) is 38.2 Å². The van der Waals surface area contributed by atoms with E-state index in [1.807, 2.05) is 21.1 Å². The quantitative estimate of drug-likeness (QED) is 0.0211. The van der Waals surface area contributed by atoms with Gasteiger partial charge in [-0.15, -0.1) is 0 Å². The monoisotopic (exact) mass is 1180 g/mol. The van der Waals surface area contributed by atoms with Gasteiger partial charge in [-0.1, -0.05) is 339 Å². The van der Waals surface area contributed by atoms with E-state index in [1.165, 1.54) is 263 Å². The second-order valence-electron chi connectivity index (χ2n) is 25.9. The molecule has 0 saturated heterocycles. The van der Waals surface area contributed by atoms with Gasteiger partial charge in [0.2, 0.25) is 0 Å². The van der Waals surface area contributed by atoms with E-state index in [1.54, 1.807) is 0 Å². The van der Waals surface area contributed by atoms with Crippen LogP contribution < -0.4 is 0 Å². The number of allylic oxidation sites excluding steroid dienone is 8. The number of aliphatic carboxylic acids is 1. The van der Waals surface area contributed by atoms with Gasteiger partial charge >= 0.3 is 17.9 Å². The lowest BCUT2D eigenvalue weighted by Gasteiger charge is -2.25. The van der Waals surface area contributed by atoms with Gasteiger partial charge in [0.25, 0.3) is 6.29 Å². The van der Waals surface area contributed by atoms with Gasteiger partial charge in [0.05, 0.1) is 34.4 Å². The smallest absolute Gasteiger partial charge is 0.361 e. The van der Waals surface area contributed by atoms with E-state index in [2.05, 4.69) is 62.5 Å². The fourth-order valence-electron chi connectivity index (χ4n) is 10.8. The Morgan fingerprint density at radius 2 is 0.679 bits per heavy atom. The van der Waals surface area contributed by atoms with Crippen molar-refractivity contribution in [2.45, 2.75) is 367 Å². The summed E-state index contributed by atoms with van der Waals surface area (Å²) < 4.78 is 23.0. The van der Waals surface area contributed by atoms with Crippen molar-refractivity contribution in [2.75, 3.05) is 47.5 Å². The molecule has 2 atom stereocenters. The summed E-state index contributed by atoms with van der Waals surface area (Å²) in [6.45, 7) is 4.83. The minimum Gasteiger partial charge on any atom is -0.477 e. The predicted octanol–water partition coefficient (Wildman–Crippen LogP) is 22.5. The molecule has 0 aliphatic carbocycles. The molecule has 0 amide bonds. The molecule has 0 spiro atoms. The van der Waals surface area contributed by atoms with Crippen molar-refractivity contribution >= 4 is 17.9 Å². The lowest BCUT2D eigenvalue weighted by atomic mass is 10.0. The average molecular weight is 1180 g/mol. The number of ether oxygens (including phenoxy) is 4. The van der Waals surface area contributed by atoms with Crippen molar-refractivity contribution in [1.82, 2.24) is 0 Å². The number of hydrogen-bond acceptors (Lipinski definition) is 7. The average Bonchev–Trinajstić information content (AvgIpc) is 3.52. The fraction of sp³-hybridized carbons (Fsp3) is 0.853. The third-order valence-electron chi connectivity index (χ3n) is 16.3. The van der Waals surface area contributed by atoms with E-state index >= 15 is 0 Å². The van der Waals surface area contributed by atoms with Crippen LogP contribution in [0.25, 0.3) is 0 Å². The first-order valence-corrected chi connectivity index (χ1v) is 36.3. The first kappa shape index (κ1) is 81.2. The number of unbranched alkanes of at least 4 members (excludes halogenated alkanes) is 45. The zero-order chi connectivity index (χ0) is 61.2. The summed E-state index contributed by atoms with van der Waals surface area (Å²) >= 11 is 0. The summed E-state index contributed by atoms with van der Waals surface area (Å²) in [5, 5.41) is 9.74. The first-order chi connectivity index (χ1) is 41.1. The van der Waals surface area contributed by atoms with Crippen molar-refractivity contribution in [2.24, 2.45) is 0 Å². The molecule has 0 aromatic carbocycles. The van der Waals surface area contributed by atoms with Crippen LogP contribution in [0.2, 0.25) is 0 Å². The van der Waals surface area contributed by atoms with Gasteiger partial charge < -0.3 is 28.5 Å². The van der Waals surface area contributed by atoms with Crippen LogP contribution in [0.15, 0.2) is 48.6 Å². The molecular weight excluding hydrogens is 1040 g/mol. The molecule has 0 bridgehead atoms. The summed E-state index contributed by atoms with van der Waals surface area (Å²) in [7, 11) is 5.99. The number of hydrogen-bond donors (Lipinski definition) is 1. The summed E-state index contributed by atoms with van der Waals surface area (Å²) in [6.07, 6.45) is 82.5. The van der Waals surface area contributed by atoms with Gasteiger partial charge in [-0.3, -0.25) is 9.59 Å². The molecule has 9 heteroatoms. The largest absolute Gasteiger partial charge is 0.477 e. The van der Waals surface area contributed by atoms with Crippen LogP contribution in [0, 0.1) is 0 Å². The molecule has 0 heterocycles. The van der Waals surface area contributed by atoms with Gasteiger partial charge in [-0.2, -0.15) is 0 Å². The number of carbonyl (C=O) groups excluding carboxylic acids is 2. The van der Waals surface area contributed by atoms with Crippen molar-refractivity contribution in [3.63, 3.8) is 0 Å². The summed E-state index contributed by atoms with van der Waals surface area (Å²) in [5.74, 6) is -1.97. The number of quaternary nitrogens is 1. The molecule has 0 rings (SSSR count). The zero-order valence-corrected chi connectivity index (χ0v) is 56.3. The van der Waals surface area contributed by atoms with Gasteiger partial charge in [-0.05, 0) is 51.4 Å². The lowest BCUT2D eigenvalue weighted by molar-refractivity contribution is -0.870. The van der Waals surface area contributed by atoms with Gasteiger partial charge in [0.1, 0.15) is 13.2 Å². The highest BCUT2D eigenvalue weighted by Gasteiger charge is 2.25. The highest BCUT2D eigenvalue weighted by Crippen LogP contribution is 2.19. The molecule has 0 aliphatic heterocycles. The topological polar surface area (TPSA) is 108 Å². The maximum Gasteiger partial charge on any atom is 0.361 e. The molecule has 0 radical (unpaired) electrons. The van der Waals surface area contributed by atoms with E-state index in [4.69, 9.17) is 18.9 Å². The maximum atomic E-state index is 12.9. The molecule has 9 nitrogen and oxygen atoms in total. The number of likely N-dealkylation sites (N-methyl/N-ethyl adjacent to an activating group) is 1. The molecule has 84 heavy (non-hydrogen) atoms. The molecule has 2 unspecified atom stereocenters. The van der Waals surface area contributed by atoms with Crippen molar-refractivity contribution in [3.8, 4) is 0 Å². The lowest BCUT2D eigenvalue weighted by Crippen LogP contribution is -2.40. The van der Waals surface area contributed by atoms with Crippen molar-refractivity contribution in [1.29, 1.82) is 0 Å². The Balaban J connectivity index is 3.92. The number of esters is 2. The van der Waals surface area contributed by atoms with Crippen LogP contribution >= 0.6 is 0 Å². The highest BCUT2D eigenvalue weighted by molar-refractivity contribution is 5.71. The standard InChI is InChI=1S/C75H139NO8/c1-6-8-10-12-14-16-18-20-22-24-26-27-28-29-30-31-32-33-34-35-36-37-38-39-40-41-42-43-44-45-46-47-48-50-52-54-56-58-60-62-64-66-73(78)84-71(70-83-75(74(79)80)81-68-67-76(3,4)5)69-82-72(77)65-63-61-59-57-55-53-51-49-25-23-21-19-17-15-13-11-9-7-2/h8,10,14,16,20,22,26-27,71,75H,6-7,9,11-13,15,17-19,21,23-25,28-70H2,1-5H3/p+1/b10-8-,16-14-,22-20-,27-26-. The zero-order valence-electron chi connectivity index (χ0n) is 56.3. The van der Waals surface area contributed by atoms with Gasteiger partial charge in [0, 0.05) is 12.8 Å². The summed E-state index contributed by atoms with van der Waals surface area (Å²) in [6, 6.07) is 0. The van der Waals surface area contributed by atoms with Crippen LogP contribution in [0.5, 0.6) is 0 Å². The molecule has 0 saturated carbocycles. The molecular formula is C75H140NO8+. The SMILES string of the molecule is CC/C=C\C/C=C\C/C=C\C/C=C\CCCCCCCCCCCCCCCCCCCCCCCCCCCCCCC(=O)OC(COC(=O)CCCCCCCCCCCCCCCCCCCC)COC(OCC[N+](C)(C)C)C(=O)O. The Morgan fingerprint density at radius 3 is 1.01 bits per heavy atom. The highest BCUT2D eigenvalue weighted by atomic mass is 16.7. The number of carboxylic acids is 1. The molecule has 0 aliphatic rings. The van der Waals surface area contributed by atoms with Crippen LogP contribution in [-0.4, -0.2) is 87.4 Å². The van der Waals surface area contributed by atoms with Crippen LogP contribution in [-0.2, 0) is 33.3 Å². The minimum atomic E-state index is -1.51. The Hall–Kier alpha value is -2.75. The predicted molar refractivity (Wildman–Crippen MR) is 360 cm³/mol. The molecule has 492 valence electrons. The number of rotatable bonds is 68. The Kier molecular flexibility index (Phi) is 64.0. The van der Waals surface area contributed by atoms with Crippen molar-refractivity contribution in [3.05, 3.63) is 48.6 Å². The second kappa shape index (κ2) is 66.2. The van der Waals surface area contributed by atoms with E-state index < -0.39 is 18.4 Å². The van der Waals surface area contributed by atoms with Crippen LogP contribution in [0.4, 0.5) is 0 Å². The summed E-state index contributed by atoms with van der Waals surface area (Å²) in [4.78, 5) is 37.6. The normalized spacial score (nSPS) is 12.9. The fourth-order valence-corrected chi connectivity index (χ4v) is 10.8. The number of carboxylic acid groups (broad SMARTS) is 1. The summed E-state index contributed by atoms with van der Waals surface area (Å²) in [5.41, 5.74) is 0. The van der Waals surface area contributed by atoms with E-state index in [0.717, 1.165) is 64.2 Å². The molecule has 0 aromatic heterocycles. The third kappa shape index (κ3) is 66.8. The number of nitrogens with zero attached hydrogens (tertiary/aromatic N) is 1.